The first kappa shape index (κ1) is 36.8. The molecule has 0 saturated heterocycles. The monoisotopic (exact) mass is 644 g/mol. The van der Waals surface area contributed by atoms with Crippen molar-refractivity contribution in [2.45, 2.75) is 149 Å². The third-order valence-corrected chi connectivity index (χ3v) is 12.4. The summed E-state index contributed by atoms with van der Waals surface area (Å²) in [5.74, 6) is -3.17. The lowest BCUT2D eigenvalue weighted by Crippen LogP contribution is -2.65. The molecule has 0 aliphatic heterocycles. The van der Waals surface area contributed by atoms with Gasteiger partial charge in [-0.1, -0.05) is 112 Å². The summed E-state index contributed by atoms with van der Waals surface area (Å²) in [6, 6.07) is 0. The number of rotatable bonds is 15. The minimum Gasteiger partial charge on any atom is -0.461 e. The molecular weight excluding hydrogens is 584 g/mol. The lowest BCUT2D eigenvalue weighted by molar-refractivity contribution is -0.192. The number of aliphatic hydroxyl groups is 3. The Bertz CT molecular complexity index is 1220. The first-order valence-electron chi connectivity index (χ1n) is 18.0. The fraction of sp³-hybridized carbons (Fsp3) is 0.816. The van der Waals surface area contributed by atoms with Crippen LogP contribution in [0.2, 0.25) is 0 Å². The number of ether oxygens (including phenoxy) is 2. The Morgan fingerprint density at radius 3 is 2.15 bits per heavy atom. The van der Waals surface area contributed by atoms with Crippen LogP contribution in [-0.2, 0) is 23.9 Å². The molecule has 3 N–H and O–H groups in total. The second-order valence-electron chi connectivity index (χ2n) is 15.9. The summed E-state index contributed by atoms with van der Waals surface area (Å²) >= 11 is 0. The molecule has 2 bridgehead atoms. The minimum atomic E-state index is -2.27. The van der Waals surface area contributed by atoms with Crippen molar-refractivity contribution in [2.75, 3.05) is 6.61 Å². The van der Waals surface area contributed by atoms with E-state index in [0.29, 0.717) is 18.4 Å². The molecule has 0 aromatic heterocycles. The molecule has 46 heavy (non-hydrogen) atoms. The van der Waals surface area contributed by atoms with E-state index in [1.807, 2.05) is 34.6 Å². The number of ketones is 1. The van der Waals surface area contributed by atoms with E-state index in [1.54, 1.807) is 26.0 Å². The van der Waals surface area contributed by atoms with E-state index < -0.39 is 58.0 Å². The Morgan fingerprint density at radius 2 is 1.57 bits per heavy atom. The molecule has 4 rings (SSSR count). The van der Waals surface area contributed by atoms with Crippen LogP contribution in [0, 0.1) is 40.4 Å². The topological polar surface area (TPSA) is 130 Å². The summed E-state index contributed by atoms with van der Waals surface area (Å²) in [6.45, 7) is 15.0. The van der Waals surface area contributed by atoms with Crippen LogP contribution in [0.4, 0.5) is 0 Å². The van der Waals surface area contributed by atoms with Gasteiger partial charge in [-0.3, -0.25) is 14.4 Å². The zero-order valence-electron chi connectivity index (χ0n) is 29.6. The van der Waals surface area contributed by atoms with Gasteiger partial charge in [0.15, 0.2) is 5.78 Å². The number of allylic oxidation sites excluding steroid dienone is 1. The smallest absolute Gasteiger partial charge is 0.309 e. The van der Waals surface area contributed by atoms with Crippen molar-refractivity contribution in [1.82, 2.24) is 0 Å². The zero-order chi connectivity index (χ0) is 34.2. The van der Waals surface area contributed by atoms with Crippen molar-refractivity contribution in [1.29, 1.82) is 0 Å². The highest BCUT2D eigenvalue weighted by atomic mass is 16.6. The van der Waals surface area contributed by atoms with Gasteiger partial charge in [0.1, 0.15) is 30.0 Å². The van der Waals surface area contributed by atoms with Crippen LogP contribution in [0.3, 0.4) is 0 Å². The molecule has 4 aliphatic carbocycles. The second kappa shape index (κ2) is 13.8. The Balaban J connectivity index is 1.59. The van der Waals surface area contributed by atoms with Crippen molar-refractivity contribution in [3.05, 3.63) is 23.3 Å². The van der Waals surface area contributed by atoms with Gasteiger partial charge >= 0.3 is 11.9 Å². The van der Waals surface area contributed by atoms with Gasteiger partial charge in [0.2, 0.25) is 0 Å². The Labute approximate surface area is 276 Å². The van der Waals surface area contributed by atoms with E-state index in [-0.39, 0.29) is 35.8 Å². The third kappa shape index (κ3) is 5.93. The highest BCUT2D eigenvalue weighted by Gasteiger charge is 2.83. The summed E-state index contributed by atoms with van der Waals surface area (Å²) in [5, 5.41) is 35.6. The molecule has 0 amide bonds. The van der Waals surface area contributed by atoms with Crippen LogP contribution in [0.5, 0.6) is 0 Å². The second-order valence-corrected chi connectivity index (χ2v) is 15.9. The minimum absolute atomic E-state index is 0.0414. The van der Waals surface area contributed by atoms with Crippen LogP contribution in [-0.4, -0.2) is 63.1 Å². The lowest BCUT2D eigenvalue weighted by atomic mass is 9.59. The van der Waals surface area contributed by atoms with Gasteiger partial charge in [0.05, 0.1) is 11.3 Å². The average Bonchev–Trinajstić information content (AvgIpc) is 3.41. The van der Waals surface area contributed by atoms with Crippen molar-refractivity contribution < 1.29 is 39.2 Å². The Morgan fingerprint density at radius 1 is 0.978 bits per heavy atom. The molecule has 0 aromatic carbocycles. The molecule has 4 aliphatic rings. The maximum absolute atomic E-state index is 14.8. The highest BCUT2D eigenvalue weighted by Crippen LogP contribution is 2.75. The van der Waals surface area contributed by atoms with Gasteiger partial charge < -0.3 is 24.8 Å². The largest absolute Gasteiger partial charge is 0.461 e. The van der Waals surface area contributed by atoms with E-state index in [4.69, 9.17) is 9.47 Å². The van der Waals surface area contributed by atoms with E-state index in [0.717, 1.165) is 19.3 Å². The van der Waals surface area contributed by atoms with E-state index in [1.165, 1.54) is 38.5 Å². The maximum Gasteiger partial charge on any atom is 0.309 e. The van der Waals surface area contributed by atoms with Gasteiger partial charge in [-0.05, 0) is 42.7 Å². The lowest BCUT2D eigenvalue weighted by Gasteiger charge is -2.48. The zero-order valence-corrected chi connectivity index (χ0v) is 29.6. The molecule has 2 fully saturated rings. The molecule has 1 unspecified atom stereocenters. The molecule has 0 heterocycles. The first-order chi connectivity index (χ1) is 21.5. The maximum atomic E-state index is 14.8. The standard InChI is InChI=1S/C38H60O8/c1-9-10-11-12-13-14-15-16-17-18-29(39)46-37-21-25(5)36-20-24(4)31(40)38(36,44)32(41)27(22-45-34(43)26(6)23(2)3)19-28(33(36)42)30(37)35(37,7)8/h19-20,23,25-26,28,30-32,40-41,44H,9-18,21-22H2,1-8H3/t25-,26?,28+,30-,31+,32-,36+,37+,38-/m1/s1. The number of esters is 2. The quantitative estimate of drug-likeness (QED) is 0.108. The SMILES string of the molecule is CCCCCCCCCCCC(=O)O[C@@]12C[C@@H](C)[C@]34C=C(C)[C@H](O)[C@@]3(O)[C@H](O)C(COC(=O)C(C)C(C)C)=C[C@H](C4=O)[C@@H]1C2(C)C. The highest BCUT2D eigenvalue weighted by molar-refractivity contribution is 5.96. The number of aliphatic hydroxyl groups excluding tert-OH is 2. The number of hydrogen-bond donors (Lipinski definition) is 3. The number of Topliss-reactive ketones (excluding diaryl/α,β-unsaturated/α-hetero) is 1. The van der Waals surface area contributed by atoms with Crippen LogP contribution >= 0.6 is 0 Å². The number of carbonyl (C=O) groups excluding carboxylic acids is 3. The summed E-state index contributed by atoms with van der Waals surface area (Å²) in [6.07, 6.45) is 11.0. The fourth-order valence-electron chi connectivity index (χ4n) is 9.11. The van der Waals surface area contributed by atoms with Gasteiger partial charge in [-0.15, -0.1) is 0 Å². The Kier molecular flexibility index (Phi) is 11.1. The van der Waals surface area contributed by atoms with Crippen LogP contribution in [0.15, 0.2) is 23.3 Å². The number of fused-ring (bicyclic) bond motifs is 3. The molecule has 2 saturated carbocycles. The molecular formula is C38H60O8. The van der Waals surface area contributed by atoms with Crippen molar-refractivity contribution in [2.24, 2.45) is 40.4 Å². The normalized spacial score (nSPS) is 36.5. The molecule has 9 atom stereocenters. The molecule has 0 radical (unpaired) electrons. The third-order valence-electron chi connectivity index (χ3n) is 12.4. The predicted molar refractivity (Wildman–Crippen MR) is 176 cm³/mol. The van der Waals surface area contributed by atoms with E-state index in [2.05, 4.69) is 6.92 Å². The molecule has 260 valence electrons. The van der Waals surface area contributed by atoms with Gasteiger partial charge in [-0.2, -0.15) is 0 Å². The fourth-order valence-corrected chi connectivity index (χ4v) is 9.11. The van der Waals surface area contributed by atoms with Crippen molar-refractivity contribution >= 4 is 17.7 Å². The first-order valence-corrected chi connectivity index (χ1v) is 18.0. The number of carbonyl (C=O) groups is 3. The molecule has 8 heteroatoms. The van der Waals surface area contributed by atoms with Crippen LogP contribution < -0.4 is 0 Å². The molecule has 1 spiro atoms. The van der Waals surface area contributed by atoms with Gasteiger partial charge in [0.25, 0.3) is 0 Å². The number of unbranched alkanes of at least 4 members (excludes halogenated alkanes) is 8. The Hall–Kier alpha value is -2.03. The van der Waals surface area contributed by atoms with Crippen molar-refractivity contribution in [3.8, 4) is 0 Å². The number of hydrogen-bond acceptors (Lipinski definition) is 8. The average molecular weight is 645 g/mol. The van der Waals surface area contributed by atoms with Crippen LogP contribution in [0.1, 0.15) is 126 Å². The molecule has 0 aromatic rings. The predicted octanol–water partition coefficient (Wildman–Crippen LogP) is 6.24. The van der Waals surface area contributed by atoms with Gasteiger partial charge in [-0.25, -0.2) is 0 Å². The summed E-state index contributed by atoms with van der Waals surface area (Å²) in [7, 11) is 0. The summed E-state index contributed by atoms with van der Waals surface area (Å²) in [5.41, 5.74) is -4.80. The molecule has 8 nitrogen and oxygen atoms in total. The van der Waals surface area contributed by atoms with E-state index in [9.17, 15) is 29.7 Å². The van der Waals surface area contributed by atoms with Gasteiger partial charge in [0, 0.05) is 23.7 Å². The summed E-state index contributed by atoms with van der Waals surface area (Å²) in [4.78, 5) is 41.0. The summed E-state index contributed by atoms with van der Waals surface area (Å²) < 4.78 is 12.0. The van der Waals surface area contributed by atoms with Crippen molar-refractivity contribution in [3.63, 3.8) is 0 Å². The van der Waals surface area contributed by atoms with E-state index >= 15 is 0 Å². The van der Waals surface area contributed by atoms with Crippen LogP contribution in [0.25, 0.3) is 0 Å².